The summed E-state index contributed by atoms with van der Waals surface area (Å²) in [5.41, 5.74) is -0.568. The van der Waals surface area contributed by atoms with E-state index in [1.54, 1.807) is 0 Å². The van der Waals surface area contributed by atoms with Crippen LogP contribution in [0.2, 0.25) is 0 Å². The van der Waals surface area contributed by atoms with Gasteiger partial charge in [-0.3, -0.25) is 4.79 Å². The second-order valence-corrected chi connectivity index (χ2v) is 4.66. The zero-order chi connectivity index (χ0) is 17.0. The Morgan fingerprint density at radius 1 is 1.09 bits per heavy atom. The Bertz CT molecular complexity index is 731. The summed E-state index contributed by atoms with van der Waals surface area (Å²) in [4.78, 5) is 12.0. The highest BCUT2D eigenvalue weighted by Crippen LogP contribution is 2.36. The van der Waals surface area contributed by atoms with Crippen LogP contribution in [0.1, 0.15) is 21.5 Å². The molecule has 2 aromatic rings. The van der Waals surface area contributed by atoms with Crippen molar-refractivity contribution in [1.29, 1.82) is 0 Å². The van der Waals surface area contributed by atoms with Gasteiger partial charge < -0.3 is 4.74 Å². The van der Waals surface area contributed by atoms with Crippen LogP contribution in [0, 0.1) is 5.82 Å². The van der Waals surface area contributed by atoms with Gasteiger partial charge in [-0.05, 0) is 42.0 Å². The molecule has 0 radical (unpaired) electrons. The second kappa shape index (κ2) is 6.64. The van der Waals surface area contributed by atoms with Gasteiger partial charge in [0.15, 0.2) is 5.78 Å². The number of ketones is 1. The average Bonchev–Trinajstić information content (AvgIpc) is 2.52. The van der Waals surface area contributed by atoms with Crippen LogP contribution in [0.5, 0.6) is 5.75 Å². The summed E-state index contributed by atoms with van der Waals surface area (Å²) in [7, 11) is 1.13. The Morgan fingerprint density at radius 3 is 2.30 bits per heavy atom. The topological polar surface area (TPSA) is 26.3 Å². The highest BCUT2D eigenvalue weighted by atomic mass is 19.4. The van der Waals surface area contributed by atoms with E-state index in [0.717, 1.165) is 25.3 Å². The number of alkyl halides is 3. The molecule has 2 aromatic carbocycles. The van der Waals surface area contributed by atoms with Crippen LogP contribution >= 0.6 is 0 Å². The Kier molecular flexibility index (Phi) is 4.83. The number of carbonyl (C=O) groups excluding carboxylic acids is 1. The molecule has 0 atom stereocenters. The van der Waals surface area contributed by atoms with Gasteiger partial charge >= 0.3 is 6.18 Å². The summed E-state index contributed by atoms with van der Waals surface area (Å²) in [6.07, 6.45) is -2.09. The van der Waals surface area contributed by atoms with Gasteiger partial charge in [0.1, 0.15) is 11.6 Å². The van der Waals surface area contributed by atoms with Crippen molar-refractivity contribution in [2.45, 2.75) is 6.18 Å². The van der Waals surface area contributed by atoms with Crippen molar-refractivity contribution in [1.82, 2.24) is 0 Å². The third-order valence-electron chi connectivity index (χ3n) is 3.09. The van der Waals surface area contributed by atoms with Gasteiger partial charge in [-0.25, -0.2) is 4.39 Å². The van der Waals surface area contributed by atoms with Crippen LogP contribution in [0.15, 0.2) is 48.5 Å². The highest BCUT2D eigenvalue weighted by Gasteiger charge is 2.34. The van der Waals surface area contributed by atoms with Crippen LogP contribution in [-0.2, 0) is 6.18 Å². The summed E-state index contributed by atoms with van der Waals surface area (Å²) < 4.78 is 56.2. The lowest BCUT2D eigenvalue weighted by molar-refractivity contribution is -0.138. The molecule has 0 unspecified atom stereocenters. The molecule has 2 rings (SSSR count). The summed E-state index contributed by atoms with van der Waals surface area (Å²) in [5, 5.41) is 0. The lowest BCUT2D eigenvalue weighted by Gasteiger charge is -2.12. The van der Waals surface area contributed by atoms with Crippen LogP contribution in [0.4, 0.5) is 17.6 Å². The molecule has 0 aliphatic rings. The molecule has 0 N–H and O–H groups in total. The fraction of sp³-hybridized carbons (Fsp3) is 0.118. The van der Waals surface area contributed by atoms with Gasteiger partial charge in [0.2, 0.25) is 0 Å². The molecule has 0 aliphatic heterocycles. The second-order valence-electron chi connectivity index (χ2n) is 4.66. The highest BCUT2D eigenvalue weighted by molar-refractivity contribution is 6.07. The van der Waals surface area contributed by atoms with E-state index in [9.17, 15) is 22.4 Å². The van der Waals surface area contributed by atoms with Crippen LogP contribution in [0.25, 0.3) is 6.08 Å². The molecule has 0 aliphatic carbocycles. The van der Waals surface area contributed by atoms with Gasteiger partial charge in [-0.1, -0.05) is 18.2 Å². The van der Waals surface area contributed by atoms with E-state index in [1.165, 1.54) is 36.4 Å². The molecule has 23 heavy (non-hydrogen) atoms. The number of hydrogen-bond donors (Lipinski definition) is 0. The van der Waals surface area contributed by atoms with Crippen molar-refractivity contribution in [3.8, 4) is 5.75 Å². The van der Waals surface area contributed by atoms with Crippen molar-refractivity contribution in [2.75, 3.05) is 7.11 Å². The van der Waals surface area contributed by atoms with E-state index in [2.05, 4.69) is 4.74 Å². The van der Waals surface area contributed by atoms with E-state index in [-0.39, 0.29) is 11.3 Å². The first-order chi connectivity index (χ1) is 10.8. The fourth-order valence-corrected chi connectivity index (χ4v) is 1.92. The first-order valence-electron chi connectivity index (χ1n) is 6.54. The molecule has 0 heterocycles. The average molecular weight is 324 g/mol. The zero-order valence-corrected chi connectivity index (χ0v) is 12.0. The standard InChI is InChI=1S/C17H12F4O2/c1-23-16-9-5-12(10-14(16)17(19,20)21)15(22)8-4-11-2-6-13(18)7-3-11/h2-10H,1H3. The predicted octanol–water partition coefficient (Wildman–Crippen LogP) is 4.75. The van der Waals surface area contributed by atoms with Crippen molar-refractivity contribution in [3.05, 3.63) is 71.0 Å². The minimum Gasteiger partial charge on any atom is -0.496 e. The normalized spacial score (nSPS) is 11.7. The molecular formula is C17H12F4O2. The van der Waals surface area contributed by atoms with Crippen molar-refractivity contribution >= 4 is 11.9 Å². The first-order valence-corrected chi connectivity index (χ1v) is 6.54. The third-order valence-corrected chi connectivity index (χ3v) is 3.09. The third kappa shape index (κ3) is 4.18. The number of benzene rings is 2. The van der Waals surface area contributed by atoms with Crippen LogP contribution in [-0.4, -0.2) is 12.9 Å². The number of hydrogen-bond acceptors (Lipinski definition) is 2. The largest absolute Gasteiger partial charge is 0.496 e. The molecule has 0 fully saturated rings. The van der Waals surface area contributed by atoms with Gasteiger partial charge in [0, 0.05) is 5.56 Å². The summed E-state index contributed by atoms with van der Waals surface area (Å²) in [6.45, 7) is 0. The van der Waals surface area contributed by atoms with Crippen molar-refractivity contribution in [3.63, 3.8) is 0 Å². The molecule has 0 saturated carbocycles. The number of carbonyl (C=O) groups is 1. The van der Waals surface area contributed by atoms with E-state index >= 15 is 0 Å². The molecule has 0 aromatic heterocycles. The monoisotopic (exact) mass is 324 g/mol. The molecule has 0 saturated heterocycles. The summed E-state index contributed by atoms with van der Waals surface area (Å²) in [6, 6.07) is 8.45. The molecule has 0 amide bonds. The Hall–Kier alpha value is -2.63. The molecule has 0 spiro atoms. The van der Waals surface area contributed by atoms with E-state index in [1.807, 2.05) is 0 Å². The van der Waals surface area contributed by atoms with Gasteiger partial charge in [0.25, 0.3) is 0 Å². The van der Waals surface area contributed by atoms with E-state index in [4.69, 9.17) is 0 Å². The number of methoxy groups -OCH3 is 1. The molecule has 2 nitrogen and oxygen atoms in total. The maximum absolute atomic E-state index is 12.9. The molecule has 0 bridgehead atoms. The Morgan fingerprint density at radius 2 is 1.74 bits per heavy atom. The minimum atomic E-state index is -4.62. The number of halogens is 4. The summed E-state index contributed by atoms with van der Waals surface area (Å²) in [5.74, 6) is -1.36. The number of allylic oxidation sites excluding steroid dienone is 1. The maximum atomic E-state index is 12.9. The number of ether oxygens (including phenoxy) is 1. The van der Waals surface area contributed by atoms with Crippen LogP contribution < -0.4 is 4.74 Å². The lowest BCUT2D eigenvalue weighted by Crippen LogP contribution is -2.09. The minimum absolute atomic E-state index is 0.114. The maximum Gasteiger partial charge on any atom is 0.419 e. The van der Waals surface area contributed by atoms with E-state index in [0.29, 0.717) is 5.56 Å². The smallest absolute Gasteiger partial charge is 0.419 e. The van der Waals surface area contributed by atoms with Crippen molar-refractivity contribution < 1.29 is 27.1 Å². The lowest BCUT2D eigenvalue weighted by atomic mass is 10.0. The molecule has 120 valence electrons. The van der Waals surface area contributed by atoms with Crippen molar-refractivity contribution in [2.24, 2.45) is 0 Å². The van der Waals surface area contributed by atoms with E-state index < -0.39 is 23.3 Å². The molecule has 6 heteroatoms. The first kappa shape index (κ1) is 16.7. The van der Waals surface area contributed by atoms with Crippen LogP contribution in [0.3, 0.4) is 0 Å². The Balaban J connectivity index is 2.27. The van der Waals surface area contributed by atoms with Gasteiger partial charge in [-0.15, -0.1) is 0 Å². The quantitative estimate of drug-likeness (QED) is 0.461. The van der Waals surface area contributed by atoms with Gasteiger partial charge in [0.05, 0.1) is 12.7 Å². The summed E-state index contributed by atoms with van der Waals surface area (Å²) >= 11 is 0. The predicted molar refractivity (Wildman–Crippen MR) is 77.8 cm³/mol. The van der Waals surface area contributed by atoms with Gasteiger partial charge in [-0.2, -0.15) is 13.2 Å². The fourth-order valence-electron chi connectivity index (χ4n) is 1.92. The number of rotatable bonds is 4. The molecular weight excluding hydrogens is 312 g/mol. The Labute approximate surface area is 130 Å². The SMILES string of the molecule is COc1ccc(C(=O)C=Cc2ccc(F)cc2)cc1C(F)(F)F. The zero-order valence-electron chi connectivity index (χ0n) is 12.0.